The summed E-state index contributed by atoms with van der Waals surface area (Å²) in [4.78, 5) is 0. The lowest BCUT2D eigenvalue weighted by atomic mass is 9.93. The fourth-order valence-electron chi connectivity index (χ4n) is 2.70. The molecule has 1 unspecified atom stereocenters. The van der Waals surface area contributed by atoms with Gasteiger partial charge in [-0.3, -0.25) is 0 Å². The van der Waals surface area contributed by atoms with Crippen molar-refractivity contribution >= 4 is 0 Å². The van der Waals surface area contributed by atoms with Gasteiger partial charge in [0.1, 0.15) is 0 Å². The number of hydrogen-bond donors (Lipinski definition) is 1. The van der Waals surface area contributed by atoms with Crippen molar-refractivity contribution in [3.8, 4) is 0 Å². The van der Waals surface area contributed by atoms with E-state index in [0.29, 0.717) is 5.92 Å². The van der Waals surface area contributed by atoms with Gasteiger partial charge >= 0.3 is 0 Å². The van der Waals surface area contributed by atoms with Crippen LogP contribution in [0.3, 0.4) is 0 Å². The second-order valence-electron chi connectivity index (χ2n) is 5.99. The molecule has 0 aromatic heterocycles. The van der Waals surface area contributed by atoms with Crippen molar-refractivity contribution in [1.82, 2.24) is 5.32 Å². The van der Waals surface area contributed by atoms with E-state index in [-0.39, 0.29) is 0 Å². The van der Waals surface area contributed by atoms with Gasteiger partial charge in [0.15, 0.2) is 0 Å². The fraction of sp³-hybridized carbons (Fsp3) is 0.667. The van der Waals surface area contributed by atoms with Crippen LogP contribution < -0.4 is 5.32 Å². The molecule has 0 heterocycles. The smallest absolute Gasteiger partial charge is 0.00684 e. The Morgan fingerprint density at radius 2 is 1.79 bits per heavy atom. The highest BCUT2D eigenvalue weighted by Crippen LogP contribution is 2.25. The van der Waals surface area contributed by atoms with Crippen molar-refractivity contribution in [3.63, 3.8) is 0 Å². The Bertz CT molecular complexity index is 329. The summed E-state index contributed by atoms with van der Waals surface area (Å²) < 4.78 is 0. The topological polar surface area (TPSA) is 12.0 Å². The Kier molecular flexibility index (Phi) is 6.43. The predicted octanol–water partition coefficient (Wildman–Crippen LogP) is 4.88. The van der Waals surface area contributed by atoms with Crippen molar-refractivity contribution in [1.29, 1.82) is 0 Å². The first kappa shape index (κ1) is 14.6. The van der Waals surface area contributed by atoms with Crippen molar-refractivity contribution < 1.29 is 0 Å². The van der Waals surface area contributed by atoms with Crippen LogP contribution in [-0.4, -0.2) is 12.6 Å². The quantitative estimate of drug-likeness (QED) is 0.590. The Balaban J connectivity index is 1.76. The summed E-state index contributed by atoms with van der Waals surface area (Å²) in [6.45, 7) is 3.45. The Labute approximate surface area is 118 Å². The highest BCUT2D eigenvalue weighted by Gasteiger charge is 2.22. The monoisotopic (exact) mass is 259 g/mol. The molecular weight excluding hydrogens is 230 g/mol. The minimum Gasteiger partial charge on any atom is -0.313 e. The summed E-state index contributed by atoms with van der Waals surface area (Å²) in [6, 6.07) is 11.9. The average Bonchev–Trinajstić information content (AvgIpc) is 3.27. The molecule has 1 aliphatic carbocycles. The normalized spacial score (nSPS) is 16.5. The first-order chi connectivity index (χ1) is 9.40. The third-order valence-electron chi connectivity index (χ3n) is 4.16. The van der Waals surface area contributed by atoms with Gasteiger partial charge in [-0.15, -0.1) is 0 Å². The van der Waals surface area contributed by atoms with Gasteiger partial charge in [-0.05, 0) is 30.7 Å². The number of rotatable bonds is 10. The molecule has 106 valence electrons. The van der Waals surface area contributed by atoms with E-state index in [2.05, 4.69) is 42.6 Å². The zero-order valence-electron chi connectivity index (χ0n) is 12.4. The molecule has 0 bridgehead atoms. The number of unbranched alkanes of at least 4 members (excludes halogenated alkanes) is 4. The lowest BCUT2D eigenvalue weighted by Gasteiger charge is -2.18. The zero-order chi connectivity index (χ0) is 13.3. The minimum absolute atomic E-state index is 0.712. The van der Waals surface area contributed by atoms with Gasteiger partial charge in [-0.2, -0.15) is 0 Å². The molecule has 2 rings (SSSR count). The van der Waals surface area contributed by atoms with Crippen LogP contribution in [0.2, 0.25) is 0 Å². The molecule has 0 radical (unpaired) electrons. The van der Waals surface area contributed by atoms with E-state index in [1.54, 1.807) is 0 Å². The number of benzene rings is 1. The summed E-state index contributed by atoms with van der Waals surface area (Å²) in [5, 5.41) is 3.71. The molecule has 1 fully saturated rings. The average molecular weight is 259 g/mol. The molecule has 19 heavy (non-hydrogen) atoms. The molecular formula is C18H29N. The maximum absolute atomic E-state index is 3.71. The zero-order valence-corrected chi connectivity index (χ0v) is 12.4. The van der Waals surface area contributed by atoms with Crippen LogP contribution in [-0.2, 0) is 0 Å². The standard InChI is InChI=1S/C18H29N/c1-2-3-4-5-7-12-17(15-19-18-13-14-18)16-10-8-6-9-11-16/h6,8-11,17-19H,2-5,7,12-15H2,1H3. The molecule has 1 aromatic carbocycles. The fourth-order valence-corrected chi connectivity index (χ4v) is 2.70. The molecule has 1 atom stereocenters. The molecule has 1 N–H and O–H groups in total. The van der Waals surface area contributed by atoms with E-state index in [9.17, 15) is 0 Å². The first-order valence-corrected chi connectivity index (χ1v) is 8.18. The summed E-state index contributed by atoms with van der Waals surface area (Å²) in [5.74, 6) is 0.712. The highest BCUT2D eigenvalue weighted by atomic mass is 14.9. The van der Waals surface area contributed by atoms with Crippen LogP contribution in [0.5, 0.6) is 0 Å². The van der Waals surface area contributed by atoms with E-state index in [0.717, 1.165) is 6.04 Å². The summed E-state index contributed by atoms with van der Waals surface area (Å²) in [7, 11) is 0. The highest BCUT2D eigenvalue weighted by molar-refractivity contribution is 5.19. The second kappa shape index (κ2) is 8.37. The lowest BCUT2D eigenvalue weighted by molar-refractivity contribution is 0.508. The van der Waals surface area contributed by atoms with Crippen molar-refractivity contribution in [3.05, 3.63) is 35.9 Å². The van der Waals surface area contributed by atoms with Gasteiger partial charge in [0, 0.05) is 12.6 Å². The molecule has 1 saturated carbocycles. The van der Waals surface area contributed by atoms with Gasteiger partial charge in [0.2, 0.25) is 0 Å². The van der Waals surface area contributed by atoms with Gasteiger partial charge in [0.25, 0.3) is 0 Å². The molecule has 0 spiro atoms. The maximum Gasteiger partial charge on any atom is 0.00684 e. The first-order valence-electron chi connectivity index (χ1n) is 8.18. The lowest BCUT2D eigenvalue weighted by Crippen LogP contribution is -2.23. The molecule has 0 saturated heterocycles. The number of nitrogens with one attached hydrogen (secondary N) is 1. The van der Waals surface area contributed by atoms with Crippen LogP contribution in [0, 0.1) is 0 Å². The van der Waals surface area contributed by atoms with E-state index >= 15 is 0 Å². The maximum atomic E-state index is 3.71. The summed E-state index contributed by atoms with van der Waals surface area (Å²) in [6.07, 6.45) is 11.0. The van der Waals surface area contributed by atoms with Crippen LogP contribution in [0.4, 0.5) is 0 Å². The van der Waals surface area contributed by atoms with Crippen molar-refractivity contribution in [2.24, 2.45) is 0 Å². The second-order valence-corrected chi connectivity index (χ2v) is 5.99. The molecule has 1 nitrogen and oxygen atoms in total. The Morgan fingerprint density at radius 1 is 1.05 bits per heavy atom. The van der Waals surface area contributed by atoms with Crippen LogP contribution in [0.25, 0.3) is 0 Å². The molecule has 1 aromatic rings. The van der Waals surface area contributed by atoms with Crippen molar-refractivity contribution in [2.75, 3.05) is 6.54 Å². The van der Waals surface area contributed by atoms with Gasteiger partial charge in [-0.1, -0.05) is 69.4 Å². The van der Waals surface area contributed by atoms with E-state index in [1.165, 1.54) is 63.5 Å². The van der Waals surface area contributed by atoms with Crippen LogP contribution >= 0.6 is 0 Å². The van der Waals surface area contributed by atoms with Gasteiger partial charge in [0.05, 0.1) is 0 Å². The van der Waals surface area contributed by atoms with Crippen molar-refractivity contribution in [2.45, 2.75) is 70.3 Å². The number of hydrogen-bond acceptors (Lipinski definition) is 1. The van der Waals surface area contributed by atoms with Crippen LogP contribution in [0.15, 0.2) is 30.3 Å². The van der Waals surface area contributed by atoms with E-state index in [4.69, 9.17) is 0 Å². The SMILES string of the molecule is CCCCCCCC(CNC1CC1)c1ccccc1. The molecule has 1 aliphatic rings. The van der Waals surface area contributed by atoms with E-state index < -0.39 is 0 Å². The van der Waals surface area contributed by atoms with Crippen LogP contribution in [0.1, 0.15) is 69.8 Å². The van der Waals surface area contributed by atoms with E-state index in [1.807, 2.05) is 0 Å². The Morgan fingerprint density at radius 3 is 2.47 bits per heavy atom. The third-order valence-corrected chi connectivity index (χ3v) is 4.16. The minimum atomic E-state index is 0.712. The Hall–Kier alpha value is -0.820. The molecule has 1 heteroatoms. The summed E-state index contributed by atoms with van der Waals surface area (Å²) >= 11 is 0. The predicted molar refractivity (Wildman–Crippen MR) is 83.6 cm³/mol. The largest absolute Gasteiger partial charge is 0.313 e. The summed E-state index contributed by atoms with van der Waals surface area (Å²) in [5.41, 5.74) is 1.52. The molecule has 0 amide bonds. The van der Waals surface area contributed by atoms with Gasteiger partial charge < -0.3 is 5.32 Å². The van der Waals surface area contributed by atoms with Gasteiger partial charge in [-0.25, -0.2) is 0 Å². The molecule has 0 aliphatic heterocycles. The third kappa shape index (κ3) is 5.78.